The van der Waals surface area contributed by atoms with Crippen LogP contribution in [-0.2, 0) is 4.74 Å². The van der Waals surface area contributed by atoms with Gasteiger partial charge in [-0.25, -0.2) is 0 Å². The van der Waals surface area contributed by atoms with Gasteiger partial charge in [0.1, 0.15) is 18.1 Å². The second kappa shape index (κ2) is 5.89. The second-order valence-electron chi connectivity index (χ2n) is 4.24. The van der Waals surface area contributed by atoms with Crippen LogP contribution in [0.1, 0.15) is 24.4 Å². The first-order chi connectivity index (χ1) is 8.31. The molecule has 0 saturated carbocycles. The van der Waals surface area contributed by atoms with Gasteiger partial charge in [-0.15, -0.1) is 0 Å². The molecule has 1 unspecified atom stereocenters. The predicted octanol–water partition coefficient (Wildman–Crippen LogP) is 1.84. The lowest BCUT2D eigenvalue weighted by Crippen LogP contribution is -2.23. The van der Waals surface area contributed by atoms with Crippen LogP contribution in [0.15, 0.2) is 18.2 Å². The summed E-state index contributed by atoms with van der Waals surface area (Å²) in [5.41, 5.74) is 1.13. The number of phenolic OH excluding ortho intramolecular Hbond substituents is 1. The molecule has 1 atom stereocenters. The van der Waals surface area contributed by atoms with Gasteiger partial charge in [-0.3, -0.25) is 0 Å². The topological polar surface area (TPSA) is 50.7 Å². The molecule has 2 rings (SSSR count). The largest absolute Gasteiger partial charge is 0.508 e. The van der Waals surface area contributed by atoms with E-state index in [9.17, 15) is 5.11 Å². The first-order valence-electron chi connectivity index (χ1n) is 5.99. The van der Waals surface area contributed by atoms with Crippen LogP contribution in [0.5, 0.6) is 11.5 Å². The number of unbranched alkanes of at least 4 members (excludes halogenated alkanes) is 1. The smallest absolute Gasteiger partial charge is 0.127 e. The number of nitrogens with one attached hydrogen (secondary N) is 1. The molecular formula is C13H19NO3. The molecule has 0 amide bonds. The zero-order valence-corrected chi connectivity index (χ0v) is 10.1. The molecule has 4 nitrogen and oxygen atoms in total. The number of benzene rings is 1. The molecule has 0 radical (unpaired) electrons. The maximum Gasteiger partial charge on any atom is 0.127 e. The SMILES string of the molecule is COCCCCNC1COc2cc(O)ccc21. The highest BCUT2D eigenvalue weighted by atomic mass is 16.5. The highest BCUT2D eigenvalue weighted by Gasteiger charge is 2.23. The molecule has 17 heavy (non-hydrogen) atoms. The van der Waals surface area contributed by atoms with Crippen molar-refractivity contribution in [1.82, 2.24) is 5.32 Å². The van der Waals surface area contributed by atoms with Crippen molar-refractivity contribution in [2.45, 2.75) is 18.9 Å². The zero-order chi connectivity index (χ0) is 12.1. The molecule has 0 saturated heterocycles. The maximum atomic E-state index is 9.34. The summed E-state index contributed by atoms with van der Waals surface area (Å²) in [6.45, 7) is 2.41. The predicted molar refractivity (Wildman–Crippen MR) is 65.5 cm³/mol. The normalized spacial score (nSPS) is 17.8. The number of methoxy groups -OCH3 is 1. The van der Waals surface area contributed by atoms with Crippen LogP contribution in [0, 0.1) is 0 Å². The van der Waals surface area contributed by atoms with E-state index in [2.05, 4.69) is 5.32 Å². The monoisotopic (exact) mass is 237 g/mol. The molecule has 0 aliphatic carbocycles. The number of aromatic hydroxyl groups is 1. The fourth-order valence-corrected chi connectivity index (χ4v) is 2.02. The third kappa shape index (κ3) is 3.11. The Morgan fingerprint density at radius 3 is 3.18 bits per heavy atom. The van der Waals surface area contributed by atoms with Gasteiger partial charge in [-0.2, -0.15) is 0 Å². The highest BCUT2D eigenvalue weighted by molar-refractivity contribution is 5.44. The van der Waals surface area contributed by atoms with E-state index >= 15 is 0 Å². The summed E-state index contributed by atoms with van der Waals surface area (Å²) in [6.07, 6.45) is 2.16. The summed E-state index contributed by atoms with van der Waals surface area (Å²) in [5.74, 6) is 1.05. The van der Waals surface area contributed by atoms with E-state index in [0.717, 1.165) is 37.3 Å². The van der Waals surface area contributed by atoms with Gasteiger partial charge in [-0.1, -0.05) is 0 Å². The molecule has 1 aliphatic rings. The number of hydrogen-bond acceptors (Lipinski definition) is 4. The van der Waals surface area contributed by atoms with Crippen molar-refractivity contribution >= 4 is 0 Å². The van der Waals surface area contributed by atoms with Gasteiger partial charge in [0.15, 0.2) is 0 Å². The van der Waals surface area contributed by atoms with E-state index in [1.165, 1.54) is 0 Å². The molecule has 0 fully saturated rings. The minimum absolute atomic E-state index is 0.244. The average Bonchev–Trinajstić information content (AvgIpc) is 2.71. The number of fused-ring (bicyclic) bond motifs is 1. The maximum absolute atomic E-state index is 9.34. The average molecular weight is 237 g/mol. The summed E-state index contributed by atoms with van der Waals surface area (Å²) in [4.78, 5) is 0. The Kier molecular flexibility index (Phi) is 4.23. The van der Waals surface area contributed by atoms with E-state index in [1.807, 2.05) is 6.07 Å². The van der Waals surface area contributed by atoms with E-state index < -0.39 is 0 Å². The first-order valence-corrected chi connectivity index (χ1v) is 5.99. The lowest BCUT2D eigenvalue weighted by molar-refractivity contribution is 0.192. The molecule has 1 aliphatic heterocycles. The lowest BCUT2D eigenvalue weighted by atomic mass is 10.1. The molecule has 1 heterocycles. The summed E-state index contributed by atoms with van der Waals surface area (Å²) in [6, 6.07) is 5.53. The third-order valence-electron chi connectivity index (χ3n) is 2.94. The Morgan fingerprint density at radius 1 is 1.47 bits per heavy atom. The minimum atomic E-state index is 0.244. The third-order valence-corrected chi connectivity index (χ3v) is 2.94. The van der Waals surface area contributed by atoms with Crippen molar-refractivity contribution in [3.05, 3.63) is 23.8 Å². The molecule has 4 heteroatoms. The standard InChI is InChI=1S/C13H19NO3/c1-16-7-3-2-6-14-12-9-17-13-8-10(15)4-5-11(12)13/h4-5,8,12,14-15H,2-3,6-7,9H2,1H3. The minimum Gasteiger partial charge on any atom is -0.508 e. The number of rotatable bonds is 6. The number of phenols is 1. The summed E-state index contributed by atoms with van der Waals surface area (Å²) < 4.78 is 10.5. The molecule has 2 N–H and O–H groups in total. The van der Waals surface area contributed by atoms with Gasteiger partial charge in [0.05, 0.1) is 6.04 Å². The molecule has 1 aromatic carbocycles. The van der Waals surface area contributed by atoms with Crippen molar-refractivity contribution in [1.29, 1.82) is 0 Å². The van der Waals surface area contributed by atoms with Crippen molar-refractivity contribution in [2.24, 2.45) is 0 Å². The Morgan fingerprint density at radius 2 is 2.35 bits per heavy atom. The molecule has 0 aromatic heterocycles. The molecule has 94 valence electrons. The van der Waals surface area contributed by atoms with Gasteiger partial charge in [0.2, 0.25) is 0 Å². The number of ether oxygens (including phenoxy) is 2. The summed E-state index contributed by atoms with van der Waals surface area (Å²) in [7, 11) is 1.72. The van der Waals surface area contributed by atoms with Crippen LogP contribution in [0.25, 0.3) is 0 Å². The molecule has 1 aromatic rings. The van der Waals surface area contributed by atoms with Crippen molar-refractivity contribution < 1.29 is 14.6 Å². The van der Waals surface area contributed by atoms with Gasteiger partial charge < -0.3 is 19.9 Å². The van der Waals surface area contributed by atoms with Crippen LogP contribution >= 0.6 is 0 Å². The second-order valence-corrected chi connectivity index (χ2v) is 4.24. The Balaban J connectivity index is 1.81. The van der Waals surface area contributed by atoms with Crippen LogP contribution in [-0.4, -0.2) is 32.0 Å². The Bertz CT molecular complexity index is 368. The van der Waals surface area contributed by atoms with Gasteiger partial charge in [0.25, 0.3) is 0 Å². The first kappa shape index (κ1) is 12.2. The van der Waals surface area contributed by atoms with Crippen LogP contribution in [0.4, 0.5) is 0 Å². The van der Waals surface area contributed by atoms with Gasteiger partial charge in [0, 0.05) is 25.3 Å². The zero-order valence-electron chi connectivity index (χ0n) is 10.1. The summed E-state index contributed by atoms with van der Waals surface area (Å²) >= 11 is 0. The summed E-state index contributed by atoms with van der Waals surface area (Å²) in [5, 5.41) is 12.8. The van der Waals surface area contributed by atoms with Gasteiger partial charge >= 0.3 is 0 Å². The van der Waals surface area contributed by atoms with E-state index in [0.29, 0.717) is 6.61 Å². The fourth-order valence-electron chi connectivity index (χ4n) is 2.02. The lowest BCUT2D eigenvalue weighted by Gasteiger charge is -2.11. The number of hydrogen-bond donors (Lipinski definition) is 2. The van der Waals surface area contributed by atoms with Crippen molar-refractivity contribution in [2.75, 3.05) is 26.9 Å². The quantitative estimate of drug-likeness (QED) is 0.741. The van der Waals surface area contributed by atoms with Crippen molar-refractivity contribution in [3.8, 4) is 11.5 Å². The van der Waals surface area contributed by atoms with E-state index in [4.69, 9.17) is 9.47 Å². The molecule has 0 bridgehead atoms. The van der Waals surface area contributed by atoms with Crippen molar-refractivity contribution in [3.63, 3.8) is 0 Å². The molecular weight excluding hydrogens is 218 g/mol. The highest BCUT2D eigenvalue weighted by Crippen LogP contribution is 2.34. The van der Waals surface area contributed by atoms with Crippen LogP contribution in [0.3, 0.4) is 0 Å². The van der Waals surface area contributed by atoms with Gasteiger partial charge in [-0.05, 0) is 31.5 Å². The van der Waals surface area contributed by atoms with Crippen LogP contribution in [0.2, 0.25) is 0 Å². The van der Waals surface area contributed by atoms with E-state index in [1.54, 1.807) is 19.2 Å². The Hall–Kier alpha value is -1.26. The molecule has 0 spiro atoms. The fraction of sp³-hybridized carbons (Fsp3) is 0.538. The van der Waals surface area contributed by atoms with E-state index in [-0.39, 0.29) is 11.8 Å². The Labute approximate surface area is 102 Å². The van der Waals surface area contributed by atoms with Crippen LogP contribution < -0.4 is 10.1 Å².